The summed E-state index contributed by atoms with van der Waals surface area (Å²) in [5, 5.41) is 0. The number of nitrogens with zero attached hydrogens (tertiary/aromatic N) is 2. The monoisotopic (exact) mass is 396 g/mol. The van der Waals surface area contributed by atoms with Crippen molar-refractivity contribution in [1.82, 2.24) is 9.80 Å². The van der Waals surface area contributed by atoms with Crippen molar-refractivity contribution < 1.29 is 14.4 Å². The molecule has 3 rings (SSSR count). The summed E-state index contributed by atoms with van der Waals surface area (Å²) >= 11 is 0. The Hall–Kier alpha value is -2.27. The standard InChI is InChI=1S/C24H32N2O3/c1-18(2)24(29)26-14-12-25(13-15-26)11-7-6-10-21-22(27)16-20(17-23(21)28)19-8-4-3-5-9-19/h3-5,8-10,18,20H,6-7,11-17H2,1-2H3. The number of unbranched alkanes of at least 4 members (excludes halogenated alkanes) is 1. The zero-order valence-corrected chi connectivity index (χ0v) is 17.6. The lowest BCUT2D eigenvalue weighted by Gasteiger charge is -2.35. The van der Waals surface area contributed by atoms with E-state index >= 15 is 0 Å². The summed E-state index contributed by atoms with van der Waals surface area (Å²) in [5.41, 5.74) is 1.48. The molecule has 2 aliphatic rings. The number of hydrogen-bond acceptors (Lipinski definition) is 4. The average Bonchev–Trinajstić information content (AvgIpc) is 2.73. The van der Waals surface area contributed by atoms with Gasteiger partial charge in [-0.2, -0.15) is 0 Å². The highest BCUT2D eigenvalue weighted by molar-refractivity contribution is 6.22. The van der Waals surface area contributed by atoms with E-state index in [1.807, 2.05) is 55.2 Å². The number of hydrogen-bond donors (Lipinski definition) is 0. The zero-order chi connectivity index (χ0) is 20.8. The second kappa shape index (κ2) is 9.97. The first-order chi connectivity index (χ1) is 14.0. The lowest BCUT2D eigenvalue weighted by Crippen LogP contribution is -2.49. The SMILES string of the molecule is CC(C)C(=O)N1CCN(CCCC=C2C(=O)CC(c3ccccc3)CC2=O)CC1. The minimum atomic E-state index is -0.0177. The Labute approximate surface area is 173 Å². The van der Waals surface area contributed by atoms with Crippen LogP contribution in [0.4, 0.5) is 0 Å². The maximum absolute atomic E-state index is 12.5. The third kappa shape index (κ3) is 5.63. The van der Waals surface area contributed by atoms with E-state index in [-0.39, 0.29) is 29.3 Å². The summed E-state index contributed by atoms with van der Waals surface area (Å²) < 4.78 is 0. The van der Waals surface area contributed by atoms with Crippen LogP contribution in [0, 0.1) is 5.92 Å². The molecule has 1 amide bonds. The summed E-state index contributed by atoms with van der Waals surface area (Å²) in [4.78, 5) is 41.4. The van der Waals surface area contributed by atoms with Crippen molar-refractivity contribution in [3.8, 4) is 0 Å². The first kappa shape index (κ1) is 21.4. The van der Waals surface area contributed by atoms with E-state index < -0.39 is 0 Å². The van der Waals surface area contributed by atoms with Gasteiger partial charge in [-0.3, -0.25) is 19.3 Å². The van der Waals surface area contributed by atoms with Gasteiger partial charge < -0.3 is 4.90 Å². The Balaban J connectivity index is 1.43. The largest absolute Gasteiger partial charge is 0.340 e. The van der Waals surface area contributed by atoms with Crippen LogP contribution in [-0.2, 0) is 14.4 Å². The molecule has 0 atom stereocenters. The van der Waals surface area contributed by atoms with Gasteiger partial charge in [0.15, 0.2) is 11.6 Å². The van der Waals surface area contributed by atoms with E-state index in [1.54, 1.807) is 0 Å². The highest BCUT2D eigenvalue weighted by Gasteiger charge is 2.30. The second-order valence-electron chi connectivity index (χ2n) is 8.44. The van der Waals surface area contributed by atoms with E-state index in [1.165, 1.54) is 0 Å². The van der Waals surface area contributed by atoms with Crippen molar-refractivity contribution in [3.63, 3.8) is 0 Å². The summed E-state index contributed by atoms with van der Waals surface area (Å²) in [7, 11) is 0. The number of benzene rings is 1. The average molecular weight is 397 g/mol. The minimum absolute atomic E-state index is 0.0122. The van der Waals surface area contributed by atoms with E-state index in [2.05, 4.69) is 4.90 Å². The molecule has 0 radical (unpaired) electrons. The van der Waals surface area contributed by atoms with Gasteiger partial charge in [-0.15, -0.1) is 0 Å². The molecule has 1 aromatic rings. The van der Waals surface area contributed by atoms with Crippen LogP contribution in [0.5, 0.6) is 0 Å². The minimum Gasteiger partial charge on any atom is -0.340 e. The summed E-state index contributed by atoms with van der Waals surface area (Å²) in [6, 6.07) is 9.84. The fraction of sp³-hybridized carbons (Fsp3) is 0.542. The van der Waals surface area contributed by atoms with Gasteiger partial charge in [0.1, 0.15) is 0 Å². The Bertz CT molecular complexity index is 742. The van der Waals surface area contributed by atoms with Crippen LogP contribution in [-0.4, -0.2) is 60.0 Å². The highest BCUT2D eigenvalue weighted by atomic mass is 16.2. The number of carbonyl (C=O) groups is 3. The lowest BCUT2D eigenvalue weighted by atomic mass is 9.79. The molecule has 1 saturated heterocycles. The smallest absolute Gasteiger partial charge is 0.225 e. The topological polar surface area (TPSA) is 57.7 Å². The van der Waals surface area contributed by atoms with Crippen molar-refractivity contribution in [3.05, 3.63) is 47.5 Å². The molecule has 2 fully saturated rings. The molecule has 5 heteroatoms. The van der Waals surface area contributed by atoms with Crippen molar-refractivity contribution in [2.45, 2.75) is 45.4 Å². The Kier molecular flexibility index (Phi) is 7.37. The normalized spacial score (nSPS) is 21.0. The molecule has 0 spiro atoms. The van der Waals surface area contributed by atoms with E-state index in [0.717, 1.165) is 51.1 Å². The molecule has 0 N–H and O–H groups in total. The fourth-order valence-electron chi connectivity index (χ4n) is 4.20. The van der Waals surface area contributed by atoms with Crippen LogP contribution in [0.1, 0.15) is 51.0 Å². The number of Topliss-reactive ketones (excluding diaryl/α,β-unsaturated/α-hetero) is 2. The van der Waals surface area contributed by atoms with Gasteiger partial charge in [0.25, 0.3) is 0 Å². The van der Waals surface area contributed by atoms with Gasteiger partial charge in [0.05, 0.1) is 5.57 Å². The summed E-state index contributed by atoms with van der Waals surface area (Å²) in [6.07, 6.45) is 4.36. The Morgan fingerprint density at radius 2 is 1.66 bits per heavy atom. The van der Waals surface area contributed by atoms with Crippen LogP contribution in [0.3, 0.4) is 0 Å². The number of rotatable bonds is 6. The number of amides is 1. The summed E-state index contributed by atoms with van der Waals surface area (Å²) in [6.45, 7) is 8.18. The third-order valence-electron chi connectivity index (χ3n) is 5.94. The zero-order valence-electron chi connectivity index (χ0n) is 17.6. The van der Waals surface area contributed by atoms with E-state index in [0.29, 0.717) is 18.4 Å². The molecule has 1 aliphatic carbocycles. The van der Waals surface area contributed by atoms with Crippen molar-refractivity contribution >= 4 is 17.5 Å². The van der Waals surface area contributed by atoms with Gasteiger partial charge in [0, 0.05) is 44.9 Å². The first-order valence-electron chi connectivity index (χ1n) is 10.8. The molecule has 5 nitrogen and oxygen atoms in total. The molecule has 156 valence electrons. The van der Waals surface area contributed by atoms with E-state index in [9.17, 15) is 14.4 Å². The van der Waals surface area contributed by atoms with Crippen molar-refractivity contribution in [1.29, 1.82) is 0 Å². The lowest BCUT2D eigenvalue weighted by molar-refractivity contribution is -0.136. The van der Waals surface area contributed by atoms with Crippen LogP contribution >= 0.6 is 0 Å². The number of ketones is 2. The number of piperazine rings is 1. The fourth-order valence-corrected chi connectivity index (χ4v) is 4.20. The molecule has 0 aromatic heterocycles. The van der Waals surface area contributed by atoms with Crippen molar-refractivity contribution in [2.75, 3.05) is 32.7 Å². The van der Waals surface area contributed by atoms with Crippen molar-refractivity contribution in [2.24, 2.45) is 5.92 Å². The number of carbonyl (C=O) groups excluding carboxylic acids is 3. The van der Waals surface area contributed by atoms with Crippen LogP contribution in [0.2, 0.25) is 0 Å². The summed E-state index contributed by atoms with van der Waals surface area (Å²) in [5.74, 6) is 0.266. The second-order valence-corrected chi connectivity index (χ2v) is 8.44. The third-order valence-corrected chi connectivity index (χ3v) is 5.94. The highest BCUT2D eigenvalue weighted by Crippen LogP contribution is 2.31. The molecule has 1 saturated carbocycles. The molecule has 1 aromatic carbocycles. The maximum atomic E-state index is 12.5. The molecule has 1 heterocycles. The van der Waals surface area contributed by atoms with Crippen LogP contribution < -0.4 is 0 Å². The molecule has 0 unspecified atom stereocenters. The molecular weight excluding hydrogens is 364 g/mol. The van der Waals surface area contributed by atoms with E-state index in [4.69, 9.17) is 0 Å². The molecular formula is C24H32N2O3. The van der Waals surface area contributed by atoms with Gasteiger partial charge in [-0.25, -0.2) is 0 Å². The molecule has 29 heavy (non-hydrogen) atoms. The van der Waals surface area contributed by atoms with Crippen LogP contribution in [0.25, 0.3) is 0 Å². The molecule has 1 aliphatic heterocycles. The van der Waals surface area contributed by atoms with Gasteiger partial charge >= 0.3 is 0 Å². The predicted molar refractivity (Wildman–Crippen MR) is 114 cm³/mol. The maximum Gasteiger partial charge on any atom is 0.225 e. The Morgan fingerprint density at radius 3 is 2.24 bits per heavy atom. The predicted octanol–water partition coefficient (Wildman–Crippen LogP) is 3.21. The first-order valence-corrected chi connectivity index (χ1v) is 10.8. The van der Waals surface area contributed by atoms with Gasteiger partial charge in [-0.05, 0) is 30.9 Å². The molecule has 0 bridgehead atoms. The number of allylic oxidation sites excluding steroid dienone is 2. The van der Waals surface area contributed by atoms with Crippen LogP contribution in [0.15, 0.2) is 42.0 Å². The Morgan fingerprint density at radius 1 is 1.03 bits per heavy atom. The van der Waals surface area contributed by atoms with Gasteiger partial charge in [-0.1, -0.05) is 50.3 Å². The van der Waals surface area contributed by atoms with Gasteiger partial charge in [0.2, 0.25) is 5.91 Å². The quantitative estimate of drug-likeness (QED) is 0.421.